The fourth-order valence-electron chi connectivity index (χ4n) is 2.08. The van der Waals surface area contributed by atoms with Crippen molar-refractivity contribution in [3.63, 3.8) is 0 Å². The maximum absolute atomic E-state index is 5.92. The first kappa shape index (κ1) is 21.7. The Bertz CT molecular complexity index is 632. The van der Waals surface area contributed by atoms with E-state index in [4.69, 9.17) is 10.5 Å². The van der Waals surface area contributed by atoms with Crippen LogP contribution in [-0.4, -0.2) is 44.7 Å². The highest BCUT2D eigenvalue weighted by Gasteiger charge is 1.99. The molecule has 0 atom stereocenters. The maximum Gasteiger partial charge on any atom is 0.188 e. The highest BCUT2D eigenvalue weighted by atomic mass is 127. The van der Waals surface area contributed by atoms with E-state index in [-0.39, 0.29) is 24.0 Å². The molecule has 3 N–H and O–H groups in total. The number of hydrogen-bond acceptors (Lipinski definition) is 4. The molecule has 0 aliphatic rings. The monoisotopic (exact) mass is 474 g/mol. The molecule has 1 heterocycles. The van der Waals surface area contributed by atoms with Crippen LogP contribution >= 0.6 is 35.3 Å². The highest BCUT2D eigenvalue weighted by molar-refractivity contribution is 14.0. The minimum absolute atomic E-state index is 0. The van der Waals surface area contributed by atoms with Crippen molar-refractivity contribution in [2.24, 2.45) is 10.7 Å². The van der Waals surface area contributed by atoms with Crippen molar-refractivity contribution in [2.45, 2.75) is 13.0 Å². The fraction of sp³-hybridized carbons (Fsp3) is 0.389. The zero-order chi connectivity index (χ0) is 17.2. The zero-order valence-electron chi connectivity index (χ0n) is 14.8. The summed E-state index contributed by atoms with van der Waals surface area (Å²) in [6, 6.07) is 12.2. The van der Waals surface area contributed by atoms with E-state index in [9.17, 15) is 0 Å². The van der Waals surface area contributed by atoms with Gasteiger partial charge in [0.25, 0.3) is 0 Å². The molecule has 0 amide bonds. The predicted octanol–water partition coefficient (Wildman–Crippen LogP) is 2.95. The minimum Gasteiger partial charge on any atom is -0.492 e. The SMILES string of the molecule is CN(C)CCOc1cccc(CN=C(N)NCCc2cccs2)c1.I. The molecule has 2 rings (SSSR count). The van der Waals surface area contributed by atoms with E-state index < -0.39 is 0 Å². The van der Waals surface area contributed by atoms with Crippen LogP contribution in [0.15, 0.2) is 46.8 Å². The molecule has 0 bridgehead atoms. The van der Waals surface area contributed by atoms with Gasteiger partial charge in [0.2, 0.25) is 0 Å². The van der Waals surface area contributed by atoms with Crippen LogP contribution in [0, 0.1) is 0 Å². The Morgan fingerprint density at radius 3 is 2.84 bits per heavy atom. The first-order valence-electron chi connectivity index (χ1n) is 8.06. The van der Waals surface area contributed by atoms with E-state index in [1.165, 1.54) is 4.88 Å². The first-order valence-corrected chi connectivity index (χ1v) is 8.94. The van der Waals surface area contributed by atoms with E-state index in [1.54, 1.807) is 11.3 Å². The Balaban J connectivity index is 0.00000312. The van der Waals surface area contributed by atoms with Crippen LogP contribution < -0.4 is 15.8 Å². The van der Waals surface area contributed by atoms with Gasteiger partial charge in [0.1, 0.15) is 12.4 Å². The van der Waals surface area contributed by atoms with Crippen LogP contribution in [0.3, 0.4) is 0 Å². The summed E-state index contributed by atoms with van der Waals surface area (Å²) in [5.74, 6) is 1.35. The van der Waals surface area contributed by atoms with Crippen LogP contribution in [0.2, 0.25) is 0 Å². The number of guanidine groups is 1. The second-order valence-corrected chi connectivity index (χ2v) is 6.79. The number of hydrogen-bond donors (Lipinski definition) is 2. The Hall–Kier alpha value is -1.32. The fourth-order valence-corrected chi connectivity index (χ4v) is 2.79. The lowest BCUT2D eigenvalue weighted by atomic mass is 10.2. The summed E-state index contributed by atoms with van der Waals surface area (Å²) in [5.41, 5.74) is 7.00. The van der Waals surface area contributed by atoms with E-state index in [1.807, 2.05) is 38.4 Å². The number of nitrogens with two attached hydrogens (primary N) is 1. The summed E-state index contributed by atoms with van der Waals surface area (Å²) in [5, 5.41) is 5.23. The minimum atomic E-state index is 0. The van der Waals surface area contributed by atoms with Gasteiger partial charge in [-0.3, -0.25) is 0 Å². The Morgan fingerprint density at radius 2 is 2.12 bits per heavy atom. The number of nitrogens with zero attached hydrogens (tertiary/aromatic N) is 2. The molecular formula is C18H27IN4OS. The van der Waals surface area contributed by atoms with Gasteiger partial charge in [0, 0.05) is 18.0 Å². The lowest BCUT2D eigenvalue weighted by Crippen LogP contribution is -2.33. The number of rotatable bonds is 9. The molecule has 0 spiro atoms. The summed E-state index contributed by atoms with van der Waals surface area (Å²) in [4.78, 5) is 7.83. The van der Waals surface area contributed by atoms with Crippen LogP contribution in [0.1, 0.15) is 10.4 Å². The Kier molecular flexibility index (Phi) is 10.5. The molecule has 0 aliphatic heterocycles. The molecule has 0 saturated carbocycles. The Morgan fingerprint density at radius 1 is 1.28 bits per heavy atom. The van der Waals surface area contributed by atoms with Gasteiger partial charge in [-0.1, -0.05) is 18.2 Å². The second kappa shape index (κ2) is 12.1. The molecule has 1 aromatic heterocycles. The Labute approximate surface area is 171 Å². The molecule has 0 saturated heterocycles. The summed E-state index contributed by atoms with van der Waals surface area (Å²) >= 11 is 1.76. The predicted molar refractivity (Wildman–Crippen MR) is 117 cm³/mol. The van der Waals surface area contributed by atoms with Gasteiger partial charge in [-0.25, -0.2) is 4.99 Å². The van der Waals surface area contributed by atoms with E-state index in [0.29, 0.717) is 19.1 Å². The lowest BCUT2D eigenvalue weighted by molar-refractivity contribution is 0.261. The molecule has 2 aromatic rings. The molecule has 0 aliphatic carbocycles. The molecule has 25 heavy (non-hydrogen) atoms. The third-order valence-corrected chi connectivity index (χ3v) is 4.33. The summed E-state index contributed by atoms with van der Waals surface area (Å²) in [6.45, 7) is 2.90. The van der Waals surface area contributed by atoms with Crippen molar-refractivity contribution in [1.82, 2.24) is 10.2 Å². The smallest absolute Gasteiger partial charge is 0.188 e. The number of halogens is 1. The van der Waals surface area contributed by atoms with Gasteiger partial charge in [0.05, 0.1) is 6.54 Å². The molecule has 1 aromatic carbocycles. The zero-order valence-corrected chi connectivity index (χ0v) is 17.9. The van der Waals surface area contributed by atoms with Crippen LogP contribution in [-0.2, 0) is 13.0 Å². The lowest BCUT2D eigenvalue weighted by Gasteiger charge is -2.11. The van der Waals surface area contributed by atoms with Gasteiger partial charge in [-0.15, -0.1) is 35.3 Å². The number of likely N-dealkylation sites (N-methyl/N-ethyl adjacent to an activating group) is 1. The van der Waals surface area contributed by atoms with Crippen LogP contribution in [0.4, 0.5) is 0 Å². The van der Waals surface area contributed by atoms with Crippen molar-refractivity contribution >= 4 is 41.3 Å². The van der Waals surface area contributed by atoms with Gasteiger partial charge in [-0.05, 0) is 49.7 Å². The average Bonchev–Trinajstić information content (AvgIpc) is 3.06. The van der Waals surface area contributed by atoms with Crippen molar-refractivity contribution in [3.8, 4) is 5.75 Å². The number of nitrogens with one attached hydrogen (secondary N) is 1. The topological polar surface area (TPSA) is 62.9 Å². The van der Waals surface area contributed by atoms with Crippen molar-refractivity contribution in [1.29, 1.82) is 0 Å². The van der Waals surface area contributed by atoms with Crippen molar-refractivity contribution in [3.05, 3.63) is 52.2 Å². The highest BCUT2D eigenvalue weighted by Crippen LogP contribution is 2.14. The first-order chi connectivity index (χ1) is 11.6. The molecule has 7 heteroatoms. The number of thiophene rings is 1. The largest absolute Gasteiger partial charge is 0.492 e. The van der Waals surface area contributed by atoms with Gasteiger partial charge < -0.3 is 20.7 Å². The van der Waals surface area contributed by atoms with Crippen LogP contribution in [0.25, 0.3) is 0 Å². The van der Waals surface area contributed by atoms with E-state index in [2.05, 4.69) is 32.7 Å². The molecule has 138 valence electrons. The van der Waals surface area contributed by atoms with Crippen molar-refractivity contribution < 1.29 is 4.74 Å². The quantitative estimate of drug-likeness (QED) is 0.333. The summed E-state index contributed by atoms with van der Waals surface area (Å²) in [6.07, 6.45) is 0.961. The van der Waals surface area contributed by atoms with E-state index >= 15 is 0 Å². The van der Waals surface area contributed by atoms with Gasteiger partial charge in [-0.2, -0.15) is 0 Å². The molecule has 0 radical (unpaired) electrons. The second-order valence-electron chi connectivity index (χ2n) is 5.76. The average molecular weight is 474 g/mol. The molecular weight excluding hydrogens is 447 g/mol. The van der Waals surface area contributed by atoms with Crippen molar-refractivity contribution in [2.75, 3.05) is 33.8 Å². The summed E-state index contributed by atoms with van der Waals surface area (Å²) < 4.78 is 5.73. The maximum atomic E-state index is 5.92. The number of aliphatic imine (C=N–C) groups is 1. The third kappa shape index (κ3) is 9.08. The number of benzene rings is 1. The molecule has 0 fully saturated rings. The van der Waals surface area contributed by atoms with Gasteiger partial charge >= 0.3 is 0 Å². The van der Waals surface area contributed by atoms with E-state index in [0.717, 1.165) is 30.8 Å². The van der Waals surface area contributed by atoms with Gasteiger partial charge in [0.15, 0.2) is 5.96 Å². The normalized spacial score (nSPS) is 11.2. The molecule has 0 unspecified atom stereocenters. The standard InChI is InChI=1S/C18H26N4OS.HI/c1-22(2)10-11-23-16-6-3-5-15(13-16)14-21-18(19)20-9-8-17-7-4-12-24-17;/h3-7,12-13H,8-11,14H2,1-2H3,(H3,19,20,21);1H. The summed E-state index contributed by atoms with van der Waals surface area (Å²) in [7, 11) is 4.06. The number of ether oxygens (including phenoxy) is 1. The molecule has 5 nitrogen and oxygen atoms in total. The third-order valence-electron chi connectivity index (χ3n) is 3.40. The van der Waals surface area contributed by atoms with Crippen LogP contribution in [0.5, 0.6) is 5.75 Å².